The van der Waals surface area contributed by atoms with Gasteiger partial charge < -0.3 is 24.3 Å². The number of anilines is 1. The Labute approximate surface area is 215 Å². The van der Waals surface area contributed by atoms with Crippen LogP contribution in [0, 0.1) is 0 Å². The van der Waals surface area contributed by atoms with Gasteiger partial charge in [0.25, 0.3) is 5.91 Å². The fourth-order valence-electron chi connectivity index (χ4n) is 3.52. The van der Waals surface area contributed by atoms with E-state index in [1.165, 1.54) is 31.0 Å². The van der Waals surface area contributed by atoms with Gasteiger partial charge in [0.1, 0.15) is 24.6 Å². The van der Waals surface area contributed by atoms with Crippen LogP contribution in [0.2, 0.25) is 0 Å². The number of ether oxygens (including phenoxy) is 4. The van der Waals surface area contributed by atoms with Crippen LogP contribution in [-0.4, -0.2) is 72.5 Å². The first-order chi connectivity index (χ1) is 17.6. The van der Waals surface area contributed by atoms with E-state index in [4.69, 9.17) is 18.9 Å². The molecule has 3 rings (SSSR count). The molecule has 37 heavy (non-hydrogen) atoms. The minimum absolute atomic E-state index is 0.240. The molecule has 0 radical (unpaired) electrons. The van der Waals surface area contributed by atoms with Crippen molar-refractivity contribution < 1.29 is 28.5 Å². The second kappa shape index (κ2) is 11.6. The normalized spacial score (nSPS) is 11.0. The summed E-state index contributed by atoms with van der Waals surface area (Å²) in [6, 6.07) is 10.2. The highest BCUT2D eigenvalue weighted by Crippen LogP contribution is 2.33. The van der Waals surface area contributed by atoms with Gasteiger partial charge in [-0.15, -0.1) is 10.2 Å². The van der Waals surface area contributed by atoms with E-state index < -0.39 is 11.4 Å². The van der Waals surface area contributed by atoms with E-state index in [0.29, 0.717) is 40.1 Å². The minimum atomic E-state index is -0.475. The summed E-state index contributed by atoms with van der Waals surface area (Å²) in [6.45, 7) is 5.08. The second-order valence-electron chi connectivity index (χ2n) is 9.03. The molecule has 0 fully saturated rings. The fourth-order valence-corrected chi connectivity index (χ4v) is 3.52. The first-order valence-corrected chi connectivity index (χ1v) is 11.4. The van der Waals surface area contributed by atoms with Gasteiger partial charge in [-0.1, -0.05) is 0 Å². The van der Waals surface area contributed by atoms with E-state index in [1.54, 1.807) is 43.5 Å². The number of amides is 2. The lowest BCUT2D eigenvalue weighted by molar-refractivity contribution is -0.125. The van der Waals surface area contributed by atoms with Crippen molar-refractivity contribution in [2.45, 2.75) is 32.9 Å². The molecule has 0 bridgehead atoms. The van der Waals surface area contributed by atoms with Gasteiger partial charge in [0.15, 0.2) is 11.5 Å². The van der Waals surface area contributed by atoms with E-state index in [2.05, 4.69) is 20.7 Å². The minimum Gasteiger partial charge on any atom is -0.497 e. The maximum Gasteiger partial charge on any atom is 0.251 e. The smallest absolute Gasteiger partial charge is 0.251 e. The Hall–Kier alpha value is -4.35. The molecule has 198 valence electrons. The van der Waals surface area contributed by atoms with Gasteiger partial charge in [-0.25, -0.2) is 0 Å². The zero-order chi connectivity index (χ0) is 27.2. The number of hydrogen-bond acceptors (Lipinski definition) is 9. The van der Waals surface area contributed by atoms with Gasteiger partial charge in [-0.3, -0.25) is 14.5 Å². The number of tetrazole rings is 1. The number of carbonyl (C=O) groups is 2. The Balaban J connectivity index is 1.89. The lowest BCUT2D eigenvalue weighted by Gasteiger charge is -2.27. The third-order valence-electron chi connectivity index (χ3n) is 5.17. The topological polar surface area (TPSA) is 130 Å². The van der Waals surface area contributed by atoms with Crippen molar-refractivity contribution in [3.63, 3.8) is 0 Å². The Morgan fingerprint density at radius 2 is 1.62 bits per heavy atom. The monoisotopic (exact) mass is 512 g/mol. The van der Waals surface area contributed by atoms with Gasteiger partial charge in [0, 0.05) is 17.2 Å². The van der Waals surface area contributed by atoms with Crippen LogP contribution >= 0.6 is 0 Å². The molecule has 2 aromatic carbocycles. The number of aromatic nitrogens is 4. The third-order valence-corrected chi connectivity index (χ3v) is 5.17. The van der Waals surface area contributed by atoms with Gasteiger partial charge in [0.05, 0.1) is 34.1 Å². The molecule has 12 nitrogen and oxygen atoms in total. The number of benzene rings is 2. The highest BCUT2D eigenvalue weighted by Gasteiger charge is 2.26. The van der Waals surface area contributed by atoms with Crippen LogP contribution in [0.15, 0.2) is 36.4 Å². The van der Waals surface area contributed by atoms with Gasteiger partial charge in [-0.2, -0.15) is 4.80 Å². The highest BCUT2D eigenvalue weighted by atomic mass is 16.5. The summed E-state index contributed by atoms with van der Waals surface area (Å²) in [6.07, 6.45) is 0. The van der Waals surface area contributed by atoms with E-state index in [0.717, 1.165) is 0 Å². The molecule has 1 N–H and O–H groups in total. The molecule has 0 unspecified atom stereocenters. The summed E-state index contributed by atoms with van der Waals surface area (Å²) in [5.74, 6) is 1.51. The predicted molar refractivity (Wildman–Crippen MR) is 136 cm³/mol. The third kappa shape index (κ3) is 6.87. The molecule has 0 saturated carbocycles. The predicted octanol–water partition coefficient (Wildman–Crippen LogP) is 2.32. The van der Waals surface area contributed by atoms with Crippen molar-refractivity contribution in [2.75, 3.05) is 39.9 Å². The van der Waals surface area contributed by atoms with Crippen molar-refractivity contribution in [3.8, 4) is 34.4 Å². The van der Waals surface area contributed by atoms with Crippen LogP contribution in [-0.2, 0) is 16.1 Å². The lowest BCUT2D eigenvalue weighted by atomic mass is 10.1. The van der Waals surface area contributed by atoms with Crippen LogP contribution in [0.5, 0.6) is 23.0 Å². The quantitative estimate of drug-likeness (QED) is 0.435. The Kier molecular flexibility index (Phi) is 8.53. The van der Waals surface area contributed by atoms with Crippen LogP contribution in [0.25, 0.3) is 11.4 Å². The summed E-state index contributed by atoms with van der Waals surface area (Å²) in [5, 5.41) is 15.3. The molecule has 1 aromatic heterocycles. The first kappa shape index (κ1) is 27.2. The highest BCUT2D eigenvalue weighted by molar-refractivity contribution is 6.00. The number of rotatable bonds is 10. The maximum absolute atomic E-state index is 13.5. The number of nitrogens with zero attached hydrogens (tertiary/aromatic N) is 5. The standard InChI is InChI=1S/C25H32N6O6/c1-25(2,3)26-22(32)14-30(18-10-9-17(34-4)13-20(18)36-6)23(33)15-31-28-24(27-29-31)16-8-11-19(35-5)21(12-16)37-7/h8-13H,14-15H2,1-7H3,(H,26,32). The largest absolute Gasteiger partial charge is 0.497 e. The molecular weight excluding hydrogens is 480 g/mol. The molecule has 0 saturated heterocycles. The molecule has 0 aliphatic heterocycles. The molecule has 0 aliphatic rings. The number of methoxy groups -OCH3 is 4. The van der Waals surface area contributed by atoms with Crippen LogP contribution in [0.4, 0.5) is 5.69 Å². The van der Waals surface area contributed by atoms with E-state index >= 15 is 0 Å². The van der Waals surface area contributed by atoms with E-state index in [1.807, 2.05) is 20.8 Å². The van der Waals surface area contributed by atoms with Gasteiger partial charge >= 0.3 is 0 Å². The van der Waals surface area contributed by atoms with Crippen molar-refractivity contribution in [3.05, 3.63) is 36.4 Å². The van der Waals surface area contributed by atoms with Gasteiger partial charge in [0.2, 0.25) is 11.7 Å². The summed E-state index contributed by atoms with van der Waals surface area (Å²) >= 11 is 0. The molecule has 3 aromatic rings. The molecule has 0 atom stereocenters. The molecule has 2 amide bonds. The van der Waals surface area contributed by atoms with Crippen LogP contribution in [0.3, 0.4) is 0 Å². The molecule has 0 aliphatic carbocycles. The van der Waals surface area contributed by atoms with Crippen LogP contribution in [0.1, 0.15) is 20.8 Å². The molecule has 1 heterocycles. The van der Waals surface area contributed by atoms with E-state index in [-0.39, 0.29) is 19.0 Å². The SMILES string of the molecule is COc1ccc(N(CC(=O)NC(C)(C)C)C(=O)Cn2nnc(-c3ccc(OC)c(OC)c3)n2)c(OC)c1. The molecular formula is C25H32N6O6. The van der Waals surface area contributed by atoms with Gasteiger partial charge in [-0.05, 0) is 56.3 Å². The summed E-state index contributed by atoms with van der Waals surface area (Å²) in [7, 11) is 6.08. The molecule has 0 spiro atoms. The van der Waals surface area contributed by atoms with Crippen molar-refractivity contribution in [1.82, 2.24) is 25.5 Å². The van der Waals surface area contributed by atoms with Crippen LogP contribution < -0.4 is 29.2 Å². The number of nitrogens with one attached hydrogen (secondary N) is 1. The maximum atomic E-state index is 13.5. The number of carbonyl (C=O) groups excluding carboxylic acids is 2. The average Bonchev–Trinajstić information content (AvgIpc) is 3.33. The van der Waals surface area contributed by atoms with Crippen molar-refractivity contribution in [2.24, 2.45) is 0 Å². The Morgan fingerprint density at radius 1 is 0.919 bits per heavy atom. The Bertz CT molecular complexity index is 1250. The average molecular weight is 513 g/mol. The molecule has 12 heteroatoms. The summed E-state index contributed by atoms with van der Waals surface area (Å²) < 4.78 is 21.3. The van der Waals surface area contributed by atoms with Crippen molar-refractivity contribution in [1.29, 1.82) is 0 Å². The van der Waals surface area contributed by atoms with E-state index in [9.17, 15) is 9.59 Å². The Morgan fingerprint density at radius 3 is 2.24 bits per heavy atom. The van der Waals surface area contributed by atoms with Crippen molar-refractivity contribution >= 4 is 17.5 Å². The summed E-state index contributed by atoms with van der Waals surface area (Å²) in [5.41, 5.74) is 0.560. The lowest BCUT2D eigenvalue weighted by Crippen LogP contribution is -2.48. The second-order valence-corrected chi connectivity index (χ2v) is 9.03. The zero-order valence-corrected chi connectivity index (χ0v) is 22.1. The first-order valence-electron chi connectivity index (χ1n) is 11.4. The summed E-state index contributed by atoms with van der Waals surface area (Å²) in [4.78, 5) is 28.7. The number of hydrogen-bond donors (Lipinski definition) is 1. The fraction of sp³-hybridized carbons (Fsp3) is 0.400. The zero-order valence-electron chi connectivity index (χ0n) is 22.1.